The molecule has 40 heavy (non-hydrogen) atoms. The molecule has 12 atom stereocenters. The number of aliphatic hydroxyl groups is 4. The smallest absolute Gasteiger partial charge is 0.185 e. The Hall–Kier alpha value is -1.08. The van der Waals surface area contributed by atoms with Gasteiger partial charge in [0.2, 0.25) is 0 Å². The van der Waals surface area contributed by atoms with Gasteiger partial charge in [-0.15, -0.1) is 0 Å². The van der Waals surface area contributed by atoms with Crippen LogP contribution >= 0.6 is 0 Å². The molecule has 3 fully saturated rings. The van der Waals surface area contributed by atoms with Crippen molar-refractivity contribution in [3.05, 3.63) is 0 Å². The van der Waals surface area contributed by atoms with Crippen LogP contribution in [0.15, 0.2) is 4.99 Å². The first-order valence-corrected chi connectivity index (χ1v) is 13.9. The van der Waals surface area contributed by atoms with Crippen molar-refractivity contribution in [3.8, 4) is 0 Å². The molecule has 2 heterocycles. The molecule has 0 aromatic carbocycles. The highest BCUT2D eigenvalue weighted by Crippen LogP contribution is 2.33. The topological polar surface area (TPSA) is 232 Å². The zero-order valence-corrected chi connectivity index (χ0v) is 23.8. The zero-order chi connectivity index (χ0) is 29.8. The molecule has 0 aromatic rings. The second-order valence-electron chi connectivity index (χ2n) is 11.8. The predicted molar refractivity (Wildman–Crippen MR) is 144 cm³/mol. The van der Waals surface area contributed by atoms with Crippen LogP contribution in [0.3, 0.4) is 0 Å². The number of nitrogens with zero attached hydrogens (tertiary/aromatic N) is 1. The fourth-order valence-electron chi connectivity index (χ4n) is 5.39. The van der Waals surface area contributed by atoms with Gasteiger partial charge in [0.15, 0.2) is 12.6 Å². The summed E-state index contributed by atoms with van der Waals surface area (Å²) in [6.07, 6.45) is -5.83. The minimum atomic E-state index is -1.45. The highest BCUT2D eigenvalue weighted by atomic mass is 19.1. The van der Waals surface area contributed by atoms with Crippen LogP contribution in [-0.4, -0.2) is 138 Å². The van der Waals surface area contributed by atoms with Gasteiger partial charge in [-0.1, -0.05) is 0 Å². The van der Waals surface area contributed by atoms with Gasteiger partial charge in [0, 0.05) is 19.1 Å². The Kier molecular flexibility index (Phi) is 11.6. The lowest BCUT2D eigenvalue weighted by Crippen LogP contribution is -2.67. The summed E-state index contributed by atoms with van der Waals surface area (Å²) in [4.78, 5) is 4.42. The van der Waals surface area contributed by atoms with Crippen LogP contribution in [0.5, 0.6) is 0 Å². The van der Waals surface area contributed by atoms with E-state index < -0.39 is 79.0 Å². The number of aliphatic imine (C=N–C) groups is 1. The highest BCUT2D eigenvalue weighted by Gasteiger charge is 2.51. The first-order valence-electron chi connectivity index (χ1n) is 13.9. The molecule has 234 valence electrons. The number of rotatable bonds is 11. The van der Waals surface area contributed by atoms with Crippen molar-refractivity contribution in [2.45, 2.75) is 119 Å². The van der Waals surface area contributed by atoms with Gasteiger partial charge < -0.3 is 67.2 Å². The lowest BCUT2D eigenvalue weighted by Gasteiger charge is -2.48. The maximum Gasteiger partial charge on any atom is 0.185 e. The first-order chi connectivity index (χ1) is 18.7. The SMILES string of the molecule is CN[C@@H]1[C@@H](O)[C@@H](O[C@@H]2[C@@H](O)[C@H](O[C@H]3O[C@H](CNCCF)CC[C@H]3N)[C@@H](N)C[C@H]2N=C(N)C(C)(C)O)OC[C@]1(C)O. The van der Waals surface area contributed by atoms with E-state index in [1.165, 1.54) is 20.8 Å². The molecule has 0 aromatic heterocycles. The third-order valence-corrected chi connectivity index (χ3v) is 7.78. The Bertz CT molecular complexity index is 836. The van der Waals surface area contributed by atoms with Gasteiger partial charge in [0.25, 0.3) is 0 Å². The Morgan fingerprint density at radius 1 is 1.12 bits per heavy atom. The Balaban J connectivity index is 1.82. The van der Waals surface area contributed by atoms with Crippen molar-refractivity contribution < 1.29 is 43.8 Å². The molecule has 0 unspecified atom stereocenters. The molecule has 15 heteroatoms. The van der Waals surface area contributed by atoms with Gasteiger partial charge in [-0.25, -0.2) is 4.39 Å². The fourth-order valence-corrected chi connectivity index (χ4v) is 5.39. The number of hydrogen-bond donors (Lipinski definition) is 9. The van der Waals surface area contributed by atoms with Crippen LogP contribution < -0.4 is 27.8 Å². The van der Waals surface area contributed by atoms with Crippen molar-refractivity contribution in [1.82, 2.24) is 10.6 Å². The summed E-state index contributed by atoms with van der Waals surface area (Å²) in [7, 11) is 1.59. The first kappa shape index (κ1) is 33.4. The molecule has 2 aliphatic heterocycles. The number of likely N-dealkylation sites (N-methyl/N-ethyl adjacent to an activating group) is 1. The second-order valence-corrected chi connectivity index (χ2v) is 11.8. The molecule has 0 radical (unpaired) electrons. The van der Waals surface area contributed by atoms with Crippen molar-refractivity contribution in [1.29, 1.82) is 0 Å². The quantitative estimate of drug-likeness (QED) is 0.0666. The standard InChI is InChI=1S/C25H49FN6O8/c1-24(2,35)23(29)32-15-9-14(28)18(39-21-13(27)6-5-12(38-21)10-31-8-7-26)16(33)19(15)40-22-17(34)20(30-4)25(3,36)11-37-22/h12-22,30-31,33-36H,5-11,27-28H2,1-4H3,(H2,29,32)/t12-,13+,14-,15+,16-,17+,18+,19-,20+,21+,22+,25-/m0/s1. The van der Waals surface area contributed by atoms with Crippen molar-refractivity contribution in [2.24, 2.45) is 22.2 Å². The fraction of sp³-hybridized carbons (Fsp3) is 0.960. The van der Waals surface area contributed by atoms with Crippen LogP contribution in [0, 0.1) is 0 Å². The van der Waals surface area contributed by atoms with Crippen LogP contribution in [0.25, 0.3) is 0 Å². The molecule has 12 N–H and O–H groups in total. The van der Waals surface area contributed by atoms with E-state index in [0.29, 0.717) is 19.4 Å². The normalized spacial score (nSPS) is 43.6. The predicted octanol–water partition coefficient (Wildman–Crippen LogP) is -3.21. The van der Waals surface area contributed by atoms with Crippen LogP contribution in [0.4, 0.5) is 4.39 Å². The van der Waals surface area contributed by atoms with E-state index in [1.54, 1.807) is 7.05 Å². The maximum absolute atomic E-state index is 12.5. The zero-order valence-electron chi connectivity index (χ0n) is 23.8. The lowest BCUT2D eigenvalue weighted by molar-refractivity contribution is -0.306. The van der Waals surface area contributed by atoms with Crippen LogP contribution in [0.2, 0.25) is 0 Å². The molecule has 0 amide bonds. The number of alkyl halides is 1. The molecule has 3 rings (SSSR count). The Morgan fingerprint density at radius 3 is 2.42 bits per heavy atom. The minimum absolute atomic E-state index is 0.0905. The monoisotopic (exact) mass is 580 g/mol. The number of nitrogens with two attached hydrogens (primary N) is 3. The number of ether oxygens (including phenoxy) is 4. The van der Waals surface area contributed by atoms with E-state index in [2.05, 4.69) is 15.6 Å². The van der Waals surface area contributed by atoms with E-state index in [-0.39, 0.29) is 31.5 Å². The van der Waals surface area contributed by atoms with E-state index in [0.717, 1.165) is 0 Å². The Morgan fingerprint density at radius 2 is 1.80 bits per heavy atom. The highest BCUT2D eigenvalue weighted by molar-refractivity contribution is 5.88. The van der Waals surface area contributed by atoms with E-state index in [9.17, 15) is 24.8 Å². The minimum Gasteiger partial charge on any atom is -0.388 e. The summed E-state index contributed by atoms with van der Waals surface area (Å²) in [6.45, 7) is 4.45. The molecule has 1 saturated carbocycles. The third-order valence-electron chi connectivity index (χ3n) is 7.78. The summed E-state index contributed by atoms with van der Waals surface area (Å²) in [6, 6.07) is -2.86. The average molecular weight is 581 g/mol. The van der Waals surface area contributed by atoms with Crippen LogP contribution in [0.1, 0.15) is 40.0 Å². The molecule has 0 spiro atoms. The van der Waals surface area contributed by atoms with Gasteiger partial charge in [0.05, 0.1) is 30.8 Å². The van der Waals surface area contributed by atoms with Crippen molar-refractivity contribution in [3.63, 3.8) is 0 Å². The molecule has 3 aliphatic rings. The van der Waals surface area contributed by atoms with E-state index in [4.69, 9.17) is 36.1 Å². The van der Waals surface area contributed by atoms with Crippen LogP contribution in [-0.2, 0) is 18.9 Å². The summed E-state index contributed by atoms with van der Waals surface area (Å²) in [5, 5.41) is 49.3. The average Bonchev–Trinajstić information content (AvgIpc) is 2.86. The molecule has 14 nitrogen and oxygen atoms in total. The van der Waals surface area contributed by atoms with E-state index >= 15 is 0 Å². The summed E-state index contributed by atoms with van der Waals surface area (Å²) < 4.78 is 36.4. The number of nitrogens with one attached hydrogen (secondary N) is 2. The molecule has 1 aliphatic carbocycles. The second kappa shape index (κ2) is 13.9. The van der Waals surface area contributed by atoms with Gasteiger partial charge in [-0.05, 0) is 47.1 Å². The van der Waals surface area contributed by atoms with E-state index in [1.807, 2.05) is 0 Å². The van der Waals surface area contributed by atoms with Gasteiger partial charge in [-0.2, -0.15) is 0 Å². The summed E-state index contributed by atoms with van der Waals surface area (Å²) in [5.74, 6) is -0.0905. The van der Waals surface area contributed by atoms with Gasteiger partial charge in [-0.3, -0.25) is 4.99 Å². The molecular formula is C25H49FN6O8. The lowest BCUT2D eigenvalue weighted by atomic mass is 9.83. The number of aliphatic hydroxyl groups excluding tert-OH is 2. The maximum atomic E-state index is 12.5. The van der Waals surface area contributed by atoms with Gasteiger partial charge >= 0.3 is 0 Å². The molecule has 2 saturated heterocycles. The van der Waals surface area contributed by atoms with Crippen molar-refractivity contribution >= 4 is 5.84 Å². The summed E-state index contributed by atoms with van der Waals surface area (Å²) >= 11 is 0. The summed E-state index contributed by atoms with van der Waals surface area (Å²) in [5.41, 5.74) is 15.9. The largest absolute Gasteiger partial charge is 0.388 e. The molecule has 0 bridgehead atoms. The Labute approximate surface area is 234 Å². The third kappa shape index (κ3) is 8.05. The van der Waals surface area contributed by atoms with Crippen molar-refractivity contribution in [2.75, 3.05) is 33.4 Å². The van der Waals surface area contributed by atoms with Gasteiger partial charge in [0.1, 0.15) is 48.1 Å². The molecular weight excluding hydrogens is 531 g/mol. The number of halogens is 1. The number of amidine groups is 1. The number of hydrogen-bond acceptors (Lipinski definition) is 13.